The highest BCUT2D eigenvalue weighted by Crippen LogP contribution is 2.39. The van der Waals surface area contributed by atoms with E-state index in [-0.39, 0.29) is 10.8 Å². The molecule has 2 heteroatoms. The van der Waals surface area contributed by atoms with E-state index >= 15 is 0 Å². The van der Waals surface area contributed by atoms with Gasteiger partial charge in [-0.3, -0.25) is 0 Å². The number of benzene rings is 3. The molecule has 3 aromatic carbocycles. The van der Waals surface area contributed by atoms with Crippen LogP contribution in [0, 0.1) is 13.8 Å². The number of anilines is 2. The smallest absolute Gasteiger partial charge is 0.0316 e. The second kappa shape index (κ2) is 7.01. The molecule has 0 spiro atoms. The molecule has 0 fully saturated rings. The van der Waals surface area contributed by atoms with Crippen LogP contribution in [0.25, 0.3) is 0 Å². The van der Waals surface area contributed by atoms with Crippen molar-refractivity contribution in [1.29, 1.82) is 0 Å². The first-order valence-electron chi connectivity index (χ1n) is 9.87. The van der Waals surface area contributed by atoms with Crippen LogP contribution in [-0.4, -0.2) is 0 Å². The van der Waals surface area contributed by atoms with Crippen molar-refractivity contribution in [2.75, 3.05) is 11.5 Å². The third kappa shape index (κ3) is 3.52. The van der Waals surface area contributed by atoms with Gasteiger partial charge in [0.1, 0.15) is 0 Å². The Bertz CT molecular complexity index is 934. The lowest BCUT2D eigenvalue weighted by atomic mass is 9.72. The minimum atomic E-state index is -0.111. The van der Waals surface area contributed by atoms with E-state index in [2.05, 4.69) is 90.1 Å². The van der Waals surface area contributed by atoms with Gasteiger partial charge in [0.05, 0.1) is 0 Å². The molecule has 4 N–H and O–H groups in total. The molecule has 0 aliphatic rings. The molecule has 0 radical (unpaired) electrons. The Balaban J connectivity index is 2.08. The predicted molar refractivity (Wildman–Crippen MR) is 122 cm³/mol. The molecule has 0 aliphatic carbocycles. The van der Waals surface area contributed by atoms with E-state index in [1.54, 1.807) is 0 Å². The highest BCUT2D eigenvalue weighted by atomic mass is 14.5. The van der Waals surface area contributed by atoms with Crippen molar-refractivity contribution in [1.82, 2.24) is 0 Å². The van der Waals surface area contributed by atoms with Gasteiger partial charge in [-0.15, -0.1) is 0 Å². The zero-order chi connectivity index (χ0) is 20.7. The molecule has 0 aromatic heterocycles. The van der Waals surface area contributed by atoms with Gasteiger partial charge < -0.3 is 11.5 Å². The van der Waals surface area contributed by atoms with Crippen molar-refractivity contribution in [3.05, 3.63) is 94.0 Å². The average molecular weight is 373 g/mol. The van der Waals surface area contributed by atoms with Gasteiger partial charge in [0.25, 0.3) is 0 Å². The lowest BCUT2D eigenvalue weighted by molar-refractivity contribution is 0.613. The summed E-state index contributed by atoms with van der Waals surface area (Å²) in [5.41, 5.74) is 21.0. The fraction of sp³-hybridized carbons (Fsp3) is 0.308. The summed E-state index contributed by atoms with van der Waals surface area (Å²) in [5.74, 6) is 0. The van der Waals surface area contributed by atoms with E-state index in [0.29, 0.717) is 0 Å². The third-order valence-electron chi connectivity index (χ3n) is 6.15. The molecule has 28 heavy (non-hydrogen) atoms. The summed E-state index contributed by atoms with van der Waals surface area (Å²) in [7, 11) is 0. The van der Waals surface area contributed by atoms with Gasteiger partial charge in [-0.05, 0) is 71.5 Å². The molecule has 0 aliphatic heterocycles. The number of nitrogens with two attached hydrogens (primary N) is 2. The van der Waals surface area contributed by atoms with E-state index in [1.807, 2.05) is 12.1 Å². The Morgan fingerprint density at radius 1 is 0.571 bits per heavy atom. The lowest BCUT2D eigenvalue weighted by Gasteiger charge is -2.32. The number of aryl methyl sites for hydroxylation is 2. The average Bonchev–Trinajstić information content (AvgIpc) is 2.61. The van der Waals surface area contributed by atoms with E-state index in [9.17, 15) is 0 Å². The number of nitrogen functional groups attached to an aromatic ring is 2. The molecule has 0 atom stereocenters. The van der Waals surface area contributed by atoms with Gasteiger partial charge in [-0.2, -0.15) is 0 Å². The predicted octanol–water partition coefficient (Wildman–Crippen LogP) is 6.12. The summed E-state index contributed by atoms with van der Waals surface area (Å²) in [6.45, 7) is 13.4. The standard InChI is InChI=1S/C26H32N2/c1-17-14-21(27)10-12-23(17)25(3,4)19-8-7-9-20(16-19)26(5,6)24-13-11-22(28)15-18(24)2/h7-16H,27-28H2,1-6H3. The topological polar surface area (TPSA) is 52.0 Å². The van der Waals surface area contributed by atoms with Crippen LogP contribution in [0.3, 0.4) is 0 Å². The SMILES string of the molecule is Cc1cc(N)ccc1C(C)(C)c1cccc(C(C)(C)c2ccc(N)cc2C)c1. The quantitative estimate of drug-likeness (QED) is 0.542. The summed E-state index contributed by atoms with van der Waals surface area (Å²) < 4.78 is 0. The first kappa shape index (κ1) is 20.0. The summed E-state index contributed by atoms with van der Waals surface area (Å²) in [6, 6.07) is 21.4. The van der Waals surface area contributed by atoms with E-state index in [0.717, 1.165) is 11.4 Å². The van der Waals surface area contributed by atoms with Crippen LogP contribution >= 0.6 is 0 Å². The van der Waals surface area contributed by atoms with Crippen LogP contribution in [0.2, 0.25) is 0 Å². The molecule has 3 aromatic rings. The zero-order valence-electron chi connectivity index (χ0n) is 17.9. The Morgan fingerprint density at radius 3 is 1.32 bits per heavy atom. The minimum Gasteiger partial charge on any atom is -0.399 e. The van der Waals surface area contributed by atoms with E-state index in [1.165, 1.54) is 33.4 Å². The Labute approximate surface area is 169 Å². The second-order valence-corrected chi connectivity index (χ2v) is 8.98. The third-order valence-corrected chi connectivity index (χ3v) is 6.15. The minimum absolute atomic E-state index is 0.111. The van der Waals surface area contributed by atoms with Gasteiger partial charge >= 0.3 is 0 Å². The molecular formula is C26H32N2. The molecule has 2 nitrogen and oxygen atoms in total. The van der Waals surface area contributed by atoms with Crippen LogP contribution in [0.5, 0.6) is 0 Å². The number of hydrogen-bond donors (Lipinski definition) is 2. The number of hydrogen-bond acceptors (Lipinski definition) is 2. The van der Waals surface area contributed by atoms with Gasteiger partial charge in [-0.1, -0.05) is 64.1 Å². The number of rotatable bonds is 4. The van der Waals surface area contributed by atoms with Crippen molar-refractivity contribution in [2.45, 2.75) is 52.4 Å². The first-order chi connectivity index (χ1) is 13.0. The maximum absolute atomic E-state index is 5.97. The van der Waals surface area contributed by atoms with E-state index in [4.69, 9.17) is 11.5 Å². The summed E-state index contributed by atoms with van der Waals surface area (Å²) in [6.07, 6.45) is 0. The normalized spacial score (nSPS) is 12.2. The monoisotopic (exact) mass is 372 g/mol. The van der Waals surface area contributed by atoms with Crippen LogP contribution in [0.15, 0.2) is 60.7 Å². The van der Waals surface area contributed by atoms with Crippen LogP contribution in [0.4, 0.5) is 11.4 Å². The molecule has 0 amide bonds. The summed E-state index contributed by atoms with van der Waals surface area (Å²) >= 11 is 0. The first-order valence-corrected chi connectivity index (χ1v) is 9.87. The molecular weight excluding hydrogens is 340 g/mol. The molecule has 0 heterocycles. The van der Waals surface area contributed by atoms with Crippen LogP contribution < -0.4 is 11.5 Å². The molecule has 3 rings (SSSR count). The highest BCUT2D eigenvalue weighted by molar-refractivity contribution is 5.53. The van der Waals surface area contributed by atoms with Gasteiger partial charge in [0.2, 0.25) is 0 Å². The van der Waals surface area contributed by atoms with Gasteiger partial charge in [0, 0.05) is 22.2 Å². The highest BCUT2D eigenvalue weighted by Gasteiger charge is 2.29. The van der Waals surface area contributed by atoms with Crippen molar-refractivity contribution in [2.24, 2.45) is 0 Å². The molecule has 0 unspecified atom stereocenters. The van der Waals surface area contributed by atoms with Crippen molar-refractivity contribution >= 4 is 11.4 Å². The van der Waals surface area contributed by atoms with Crippen molar-refractivity contribution in [3.63, 3.8) is 0 Å². The van der Waals surface area contributed by atoms with Crippen LogP contribution in [-0.2, 0) is 10.8 Å². The van der Waals surface area contributed by atoms with Crippen LogP contribution in [0.1, 0.15) is 61.1 Å². The maximum Gasteiger partial charge on any atom is 0.0316 e. The van der Waals surface area contributed by atoms with Gasteiger partial charge in [-0.25, -0.2) is 0 Å². The summed E-state index contributed by atoms with van der Waals surface area (Å²) in [5, 5.41) is 0. The Kier molecular flexibility index (Phi) is 5.01. The lowest BCUT2D eigenvalue weighted by Crippen LogP contribution is -2.24. The molecule has 0 saturated carbocycles. The van der Waals surface area contributed by atoms with Crippen molar-refractivity contribution in [3.8, 4) is 0 Å². The maximum atomic E-state index is 5.97. The zero-order valence-corrected chi connectivity index (χ0v) is 17.9. The largest absolute Gasteiger partial charge is 0.399 e. The Hall–Kier alpha value is -2.74. The van der Waals surface area contributed by atoms with E-state index < -0.39 is 0 Å². The van der Waals surface area contributed by atoms with Crippen molar-refractivity contribution < 1.29 is 0 Å². The fourth-order valence-electron chi connectivity index (χ4n) is 4.38. The van der Waals surface area contributed by atoms with Gasteiger partial charge in [0.15, 0.2) is 0 Å². The second-order valence-electron chi connectivity index (χ2n) is 8.98. The fourth-order valence-corrected chi connectivity index (χ4v) is 4.38. The molecule has 0 bridgehead atoms. The molecule has 0 saturated heterocycles. The summed E-state index contributed by atoms with van der Waals surface area (Å²) in [4.78, 5) is 0. The molecule has 146 valence electrons. The Morgan fingerprint density at radius 2 is 0.964 bits per heavy atom.